The summed E-state index contributed by atoms with van der Waals surface area (Å²) in [7, 11) is 2.15. The summed E-state index contributed by atoms with van der Waals surface area (Å²) < 4.78 is 10.9. The van der Waals surface area contributed by atoms with Crippen LogP contribution in [-0.2, 0) is 0 Å². The molecule has 0 radical (unpaired) electrons. The summed E-state index contributed by atoms with van der Waals surface area (Å²) in [5.74, 6) is 2.46. The number of rotatable bonds is 2. The summed E-state index contributed by atoms with van der Waals surface area (Å²) in [6, 6.07) is 6.00. The molecule has 0 aliphatic carbocycles. The number of hydrogen-bond acceptors (Lipinski definition) is 6. The van der Waals surface area contributed by atoms with Crippen LogP contribution in [0.3, 0.4) is 0 Å². The number of benzene rings is 1. The second-order valence-electron chi connectivity index (χ2n) is 5.49. The van der Waals surface area contributed by atoms with Crippen LogP contribution in [0.4, 0.5) is 5.82 Å². The Hall–Kier alpha value is -2.05. The lowest BCUT2D eigenvalue weighted by molar-refractivity contribution is 0.174. The van der Waals surface area contributed by atoms with Crippen molar-refractivity contribution in [2.75, 3.05) is 45.4 Å². The van der Waals surface area contributed by atoms with Gasteiger partial charge in [-0.15, -0.1) is 0 Å². The third-order valence-electron chi connectivity index (χ3n) is 4.02. The van der Waals surface area contributed by atoms with Crippen LogP contribution in [0.5, 0.6) is 11.5 Å². The fraction of sp³-hybridized carbons (Fsp3) is 0.400. The number of likely N-dealkylation sites (N-methyl/N-ethyl adjacent to an activating group) is 1. The molecule has 21 heavy (non-hydrogen) atoms. The SMILES string of the molecule is CN1CCN(Nc2nccc3cc4c(cc23)OCO4)CC1. The highest BCUT2D eigenvalue weighted by Crippen LogP contribution is 2.37. The summed E-state index contributed by atoms with van der Waals surface area (Å²) in [5.41, 5.74) is 3.43. The zero-order valence-electron chi connectivity index (χ0n) is 12.0. The molecule has 6 nitrogen and oxygen atoms in total. The third-order valence-corrected chi connectivity index (χ3v) is 4.02. The first kappa shape index (κ1) is 12.7. The molecule has 0 spiro atoms. The predicted molar refractivity (Wildman–Crippen MR) is 80.6 cm³/mol. The number of hydrogen-bond donors (Lipinski definition) is 1. The largest absolute Gasteiger partial charge is 0.454 e. The van der Waals surface area contributed by atoms with Crippen molar-refractivity contribution < 1.29 is 9.47 Å². The molecule has 6 heteroatoms. The fourth-order valence-electron chi connectivity index (χ4n) is 2.72. The normalized spacial score (nSPS) is 19.1. The zero-order chi connectivity index (χ0) is 14.2. The van der Waals surface area contributed by atoms with Crippen LogP contribution in [0.2, 0.25) is 0 Å². The van der Waals surface area contributed by atoms with E-state index in [9.17, 15) is 0 Å². The molecule has 0 unspecified atom stereocenters. The van der Waals surface area contributed by atoms with E-state index < -0.39 is 0 Å². The summed E-state index contributed by atoms with van der Waals surface area (Å²) in [4.78, 5) is 6.81. The van der Waals surface area contributed by atoms with E-state index >= 15 is 0 Å². The van der Waals surface area contributed by atoms with Gasteiger partial charge in [-0.25, -0.2) is 9.99 Å². The Balaban J connectivity index is 1.65. The molecule has 2 aromatic rings. The third kappa shape index (κ3) is 2.36. The van der Waals surface area contributed by atoms with Gasteiger partial charge in [-0.2, -0.15) is 0 Å². The van der Waals surface area contributed by atoms with Gasteiger partial charge in [0.25, 0.3) is 0 Å². The van der Waals surface area contributed by atoms with Crippen molar-refractivity contribution in [3.8, 4) is 11.5 Å². The molecule has 0 saturated carbocycles. The summed E-state index contributed by atoms with van der Waals surface area (Å²) in [6.07, 6.45) is 1.82. The van der Waals surface area contributed by atoms with Crippen LogP contribution >= 0.6 is 0 Å². The molecule has 2 aliphatic rings. The van der Waals surface area contributed by atoms with E-state index in [0.717, 1.165) is 54.3 Å². The van der Waals surface area contributed by atoms with Crippen molar-refractivity contribution in [3.63, 3.8) is 0 Å². The van der Waals surface area contributed by atoms with E-state index in [2.05, 4.69) is 27.4 Å². The van der Waals surface area contributed by atoms with E-state index in [-0.39, 0.29) is 0 Å². The van der Waals surface area contributed by atoms with Crippen LogP contribution < -0.4 is 14.9 Å². The van der Waals surface area contributed by atoms with Crippen molar-refractivity contribution in [2.45, 2.75) is 0 Å². The molecule has 0 atom stereocenters. The zero-order valence-corrected chi connectivity index (χ0v) is 12.0. The maximum absolute atomic E-state index is 5.47. The van der Waals surface area contributed by atoms with Crippen LogP contribution in [0.1, 0.15) is 0 Å². The first-order valence-corrected chi connectivity index (χ1v) is 7.18. The minimum Gasteiger partial charge on any atom is -0.454 e. The lowest BCUT2D eigenvalue weighted by Crippen LogP contribution is -2.47. The molecule has 4 rings (SSSR count). The monoisotopic (exact) mass is 286 g/mol. The first-order valence-electron chi connectivity index (χ1n) is 7.18. The second-order valence-corrected chi connectivity index (χ2v) is 5.49. The minimum atomic E-state index is 0.292. The second kappa shape index (κ2) is 5.05. The maximum Gasteiger partial charge on any atom is 0.231 e. The van der Waals surface area contributed by atoms with Crippen molar-refractivity contribution >= 4 is 16.6 Å². The van der Waals surface area contributed by atoms with E-state index in [1.165, 1.54) is 0 Å². The summed E-state index contributed by atoms with van der Waals surface area (Å²) >= 11 is 0. The highest BCUT2D eigenvalue weighted by atomic mass is 16.7. The molecule has 1 aromatic heterocycles. The van der Waals surface area contributed by atoms with E-state index in [1.54, 1.807) is 0 Å². The Morgan fingerprint density at radius 2 is 1.86 bits per heavy atom. The molecule has 110 valence electrons. The molecule has 0 amide bonds. The summed E-state index contributed by atoms with van der Waals surface area (Å²) in [5, 5.41) is 4.37. The number of anilines is 1. The molecular formula is C15H18N4O2. The average Bonchev–Trinajstić information content (AvgIpc) is 2.95. The number of fused-ring (bicyclic) bond motifs is 2. The highest BCUT2D eigenvalue weighted by Gasteiger charge is 2.18. The number of ether oxygens (including phenoxy) is 2. The Morgan fingerprint density at radius 1 is 1.10 bits per heavy atom. The number of piperazine rings is 1. The number of hydrazine groups is 1. The van der Waals surface area contributed by atoms with Crippen molar-refractivity contribution in [3.05, 3.63) is 24.4 Å². The molecule has 0 bridgehead atoms. The van der Waals surface area contributed by atoms with E-state index in [4.69, 9.17) is 9.47 Å². The number of nitrogens with one attached hydrogen (secondary N) is 1. The van der Waals surface area contributed by atoms with Crippen LogP contribution in [0.25, 0.3) is 10.8 Å². The highest BCUT2D eigenvalue weighted by molar-refractivity contribution is 5.94. The quantitative estimate of drug-likeness (QED) is 0.903. The lowest BCUT2D eigenvalue weighted by Gasteiger charge is -2.32. The van der Waals surface area contributed by atoms with Gasteiger partial charge in [0.05, 0.1) is 0 Å². The lowest BCUT2D eigenvalue weighted by atomic mass is 10.1. The van der Waals surface area contributed by atoms with Crippen LogP contribution in [0.15, 0.2) is 24.4 Å². The Bertz CT molecular complexity index is 668. The smallest absolute Gasteiger partial charge is 0.231 e. The van der Waals surface area contributed by atoms with Gasteiger partial charge in [-0.3, -0.25) is 0 Å². The van der Waals surface area contributed by atoms with E-state index in [1.807, 2.05) is 24.4 Å². The van der Waals surface area contributed by atoms with E-state index in [0.29, 0.717) is 6.79 Å². The van der Waals surface area contributed by atoms with Gasteiger partial charge in [-0.1, -0.05) is 0 Å². The molecule has 1 aromatic carbocycles. The van der Waals surface area contributed by atoms with Gasteiger partial charge < -0.3 is 19.8 Å². The Morgan fingerprint density at radius 3 is 2.67 bits per heavy atom. The predicted octanol–water partition coefficient (Wildman–Crippen LogP) is 1.54. The van der Waals surface area contributed by atoms with Gasteiger partial charge >= 0.3 is 0 Å². The van der Waals surface area contributed by atoms with Gasteiger partial charge in [0, 0.05) is 37.8 Å². The van der Waals surface area contributed by atoms with Crippen molar-refractivity contribution in [1.82, 2.24) is 14.9 Å². The van der Waals surface area contributed by atoms with Crippen molar-refractivity contribution in [1.29, 1.82) is 0 Å². The number of pyridine rings is 1. The molecular weight excluding hydrogens is 268 g/mol. The van der Waals surface area contributed by atoms with Gasteiger partial charge in [0.1, 0.15) is 5.82 Å². The number of aromatic nitrogens is 1. The maximum atomic E-state index is 5.47. The van der Waals surface area contributed by atoms with Crippen LogP contribution in [0, 0.1) is 0 Å². The minimum absolute atomic E-state index is 0.292. The first-order chi connectivity index (χ1) is 10.3. The molecule has 1 N–H and O–H groups in total. The Labute approximate surface area is 123 Å². The van der Waals surface area contributed by atoms with Gasteiger partial charge in [0.15, 0.2) is 11.5 Å². The average molecular weight is 286 g/mol. The fourth-order valence-corrected chi connectivity index (χ4v) is 2.72. The van der Waals surface area contributed by atoms with Crippen LogP contribution in [-0.4, -0.2) is 54.9 Å². The van der Waals surface area contributed by atoms with Gasteiger partial charge in [0.2, 0.25) is 6.79 Å². The van der Waals surface area contributed by atoms with Gasteiger partial charge in [-0.05, 0) is 30.6 Å². The topological polar surface area (TPSA) is 49.9 Å². The molecule has 2 aliphatic heterocycles. The molecule has 1 saturated heterocycles. The van der Waals surface area contributed by atoms with Crippen molar-refractivity contribution in [2.24, 2.45) is 0 Å². The Kier molecular flexibility index (Phi) is 3.05. The standard InChI is InChI=1S/C15H18N4O2/c1-18-4-6-19(7-5-18)17-15-12-9-14-13(20-10-21-14)8-11(12)2-3-16-15/h2-3,8-9H,4-7,10H2,1H3,(H,16,17). The molecule has 3 heterocycles. The summed E-state index contributed by atoms with van der Waals surface area (Å²) in [6.45, 7) is 4.38. The molecule has 1 fully saturated rings. The number of nitrogens with zero attached hydrogens (tertiary/aromatic N) is 3.